The first-order valence-corrected chi connectivity index (χ1v) is 8.41. The van der Waals surface area contributed by atoms with Gasteiger partial charge in [0.25, 0.3) is 0 Å². The van der Waals surface area contributed by atoms with Crippen LogP contribution in [0.4, 0.5) is 0 Å². The van der Waals surface area contributed by atoms with Gasteiger partial charge in [0, 0.05) is 25.0 Å². The van der Waals surface area contributed by atoms with Gasteiger partial charge >= 0.3 is 0 Å². The number of hydrogen-bond acceptors (Lipinski definition) is 5. The SMILES string of the molecule is CN=C(NCc1csc(-c2ccccc2)n1)NCc1ncnn1C.I. The average molecular weight is 469 g/mol. The summed E-state index contributed by atoms with van der Waals surface area (Å²) in [7, 11) is 3.60. The molecule has 9 heteroatoms. The van der Waals surface area contributed by atoms with Gasteiger partial charge in [-0.3, -0.25) is 9.67 Å². The Morgan fingerprint density at radius 3 is 2.64 bits per heavy atom. The Labute approximate surface area is 167 Å². The summed E-state index contributed by atoms with van der Waals surface area (Å²) in [6, 6.07) is 10.2. The van der Waals surface area contributed by atoms with E-state index in [1.54, 1.807) is 23.1 Å². The van der Waals surface area contributed by atoms with E-state index in [0.29, 0.717) is 19.0 Å². The Morgan fingerprint density at radius 2 is 1.96 bits per heavy atom. The molecule has 0 amide bonds. The van der Waals surface area contributed by atoms with Crippen LogP contribution in [0.1, 0.15) is 11.5 Å². The van der Waals surface area contributed by atoms with Gasteiger partial charge in [-0.05, 0) is 0 Å². The zero-order valence-electron chi connectivity index (χ0n) is 14.0. The molecule has 0 aliphatic heterocycles. The first kappa shape index (κ1) is 19.3. The molecule has 0 aliphatic rings. The van der Waals surface area contributed by atoms with Crippen LogP contribution in [0.3, 0.4) is 0 Å². The van der Waals surface area contributed by atoms with Crippen molar-refractivity contribution in [2.75, 3.05) is 7.05 Å². The van der Waals surface area contributed by atoms with Gasteiger partial charge in [-0.2, -0.15) is 5.10 Å². The summed E-state index contributed by atoms with van der Waals surface area (Å²) >= 11 is 1.64. The number of nitrogens with one attached hydrogen (secondary N) is 2. The molecule has 0 bridgehead atoms. The molecule has 0 spiro atoms. The van der Waals surface area contributed by atoms with E-state index in [9.17, 15) is 0 Å². The number of aliphatic imine (C=N–C) groups is 1. The summed E-state index contributed by atoms with van der Waals surface area (Å²) in [4.78, 5) is 13.0. The molecule has 2 N–H and O–H groups in total. The molecule has 0 aliphatic carbocycles. The van der Waals surface area contributed by atoms with Crippen molar-refractivity contribution in [1.29, 1.82) is 0 Å². The summed E-state index contributed by atoms with van der Waals surface area (Å²) in [5.41, 5.74) is 2.12. The molecule has 0 fully saturated rings. The molecule has 0 saturated carbocycles. The van der Waals surface area contributed by atoms with E-state index in [2.05, 4.69) is 48.2 Å². The molecular weight excluding hydrogens is 449 g/mol. The lowest BCUT2D eigenvalue weighted by molar-refractivity contribution is 0.672. The Morgan fingerprint density at radius 1 is 1.20 bits per heavy atom. The second-order valence-electron chi connectivity index (χ2n) is 5.09. The topological polar surface area (TPSA) is 80.0 Å². The number of thiazole rings is 1. The number of aromatic nitrogens is 4. The Kier molecular flexibility index (Phi) is 7.31. The van der Waals surface area contributed by atoms with E-state index < -0.39 is 0 Å². The highest BCUT2D eigenvalue weighted by molar-refractivity contribution is 14.0. The normalized spacial score (nSPS) is 11.0. The minimum atomic E-state index is 0. The summed E-state index contributed by atoms with van der Waals surface area (Å²) in [6.45, 7) is 1.17. The van der Waals surface area contributed by atoms with Crippen molar-refractivity contribution in [3.63, 3.8) is 0 Å². The predicted octanol–water partition coefficient (Wildman–Crippen LogP) is 2.42. The first-order valence-electron chi connectivity index (χ1n) is 7.53. The third kappa shape index (κ3) is 5.23. The molecule has 0 atom stereocenters. The number of aryl methyl sites for hydroxylation is 1. The maximum atomic E-state index is 4.66. The second-order valence-corrected chi connectivity index (χ2v) is 5.95. The van der Waals surface area contributed by atoms with E-state index in [1.807, 2.05) is 25.2 Å². The van der Waals surface area contributed by atoms with Crippen molar-refractivity contribution in [2.24, 2.45) is 12.0 Å². The fraction of sp³-hybridized carbons (Fsp3) is 0.250. The molecule has 2 aromatic heterocycles. The van der Waals surface area contributed by atoms with Crippen molar-refractivity contribution in [2.45, 2.75) is 13.1 Å². The monoisotopic (exact) mass is 469 g/mol. The van der Waals surface area contributed by atoms with Gasteiger partial charge in [0.15, 0.2) is 5.96 Å². The lowest BCUT2D eigenvalue weighted by Gasteiger charge is -2.10. The number of hydrogen-bond donors (Lipinski definition) is 2. The van der Waals surface area contributed by atoms with Crippen molar-refractivity contribution in [3.8, 4) is 10.6 Å². The summed E-state index contributed by atoms with van der Waals surface area (Å²) < 4.78 is 1.73. The third-order valence-corrected chi connectivity index (χ3v) is 4.39. The number of benzene rings is 1. The maximum Gasteiger partial charge on any atom is 0.191 e. The van der Waals surface area contributed by atoms with Gasteiger partial charge in [0.1, 0.15) is 17.2 Å². The number of guanidine groups is 1. The van der Waals surface area contributed by atoms with Gasteiger partial charge < -0.3 is 10.6 Å². The molecule has 3 rings (SSSR count). The molecule has 7 nitrogen and oxygen atoms in total. The molecular formula is C16H20IN7S. The minimum absolute atomic E-state index is 0. The van der Waals surface area contributed by atoms with E-state index >= 15 is 0 Å². The van der Waals surface area contributed by atoms with Crippen LogP contribution in [0.15, 0.2) is 47.0 Å². The van der Waals surface area contributed by atoms with Crippen LogP contribution in [0.5, 0.6) is 0 Å². The van der Waals surface area contributed by atoms with Crippen LogP contribution in [0.2, 0.25) is 0 Å². The smallest absolute Gasteiger partial charge is 0.191 e. The largest absolute Gasteiger partial charge is 0.351 e. The van der Waals surface area contributed by atoms with Gasteiger partial charge in [-0.1, -0.05) is 30.3 Å². The van der Waals surface area contributed by atoms with Crippen molar-refractivity contribution < 1.29 is 0 Å². The van der Waals surface area contributed by atoms with Crippen LogP contribution in [-0.4, -0.2) is 32.8 Å². The van der Waals surface area contributed by atoms with Crippen LogP contribution in [0, 0.1) is 0 Å². The van der Waals surface area contributed by atoms with Crippen LogP contribution in [-0.2, 0) is 20.1 Å². The van der Waals surface area contributed by atoms with Crippen molar-refractivity contribution in [1.82, 2.24) is 30.4 Å². The third-order valence-electron chi connectivity index (χ3n) is 3.45. The quantitative estimate of drug-likeness (QED) is 0.341. The highest BCUT2D eigenvalue weighted by Gasteiger charge is 2.06. The van der Waals surface area contributed by atoms with Crippen LogP contribution in [0.25, 0.3) is 10.6 Å². The van der Waals surface area contributed by atoms with Gasteiger partial charge in [0.05, 0.1) is 18.8 Å². The number of nitrogens with zero attached hydrogens (tertiary/aromatic N) is 5. The highest BCUT2D eigenvalue weighted by atomic mass is 127. The Hall–Kier alpha value is -2.01. The summed E-state index contributed by atoms with van der Waals surface area (Å²) in [5.74, 6) is 1.55. The van der Waals surface area contributed by atoms with E-state index in [1.165, 1.54) is 6.33 Å². The molecule has 25 heavy (non-hydrogen) atoms. The lowest BCUT2D eigenvalue weighted by Crippen LogP contribution is -2.37. The fourth-order valence-corrected chi connectivity index (χ4v) is 2.97. The Bertz CT molecular complexity index is 813. The summed E-state index contributed by atoms with van der Waals surface area (Å²) in [6.07, 6.45) is 1.54. The molecule has 0 radical (unpaired) electrons. The molecule has 0 saturated heterocycles. The first-order chi connectivity index (χ1) is 11.8. The second kappa shape index (κ2) is 9.47. The maximum absolute atomic E-state index is 4.66. The van der Waals surface area contributed by atoms with Crippen LogP contribution >= 0.6 is 35.3 Å². The van der Waals surface area contributed by atoms with Gasteiger partial charge in [-0.25, -0.2) is 9.97 Å². The van der Waals surface area contributed by atoms with E-state index in [0.717, 1.165) is 22.1 Å². The molecule has 0 unspecified atom stereocenters. The van der Waals surface area contributed by atoms with Crippen molar-refractivity contribution in [3.05, 3.63) is 53.6 Å². The standard InChI is InChI=1S/C16H19N7S.HI/c1-17-16(19-9-14-20-11-21-23(14)2)18-8-13-10-24-15(22-13)12-6-4-3-5-7-12;/h3-7,10-11H,8-9H2,1-2H3,(H2,17,18,19);1H. The zero-order valence-corrected chi connectivity index (χ0v) is 17.2. The average Bonchev–Trinajstić information content (AvgIpc) is 3.25. The van der Waals surface area contributed by atoms with Gasteiger partial charge in [-0.15, -0.1) is 35.3 Å². The predicted molar refractivity (Wildman–Crippen MR) is 111 cm³/mol. The number of rotatable bonds is 5. The fourth-order valence-electron chi connectivity index (χ4n) is 2.14. The molecule has 1 aromatic carbocycles. The lowest BCUT2D eigenvalue weighted by atomic mass is 10.2. The van der Waals surface area contributed by atoms with E-state index in [-0.39, 0.29) is 24.0 Å². The van der Waals surface area contributed by atoms with E-state index in [4.69, 9.17) is 0 Å². The van der Waals surface area contributed by atoms with Gasteiger partial charge in [0.2, 0.25) is 0 Å². The summed E-state index contributed by atoms with van der Waals surface area (Å²) in [5, 5.41) is 13.6. The molecule has 2 heterocycles. The minimum Gasteiger partial charge on any atom is -0.351 e. The van der Waals surface area contributed by atoms with Crippen molar-refractivity contribution >= 4 is 41.3 Å². The molecule has 132 valence electrons. The zero-order chi connectivity index (χ0) is 16.8. The van der Waals surface area contributed by atoms with Crippen LogP contribution < -0.4 is 10.6 Å². The molecule has 3 aromatic rings. The highest BCUT2D eigenvalue weighted by Crippen LogP contribution is 2.23. The number of halogens is 1. The Balaban J connectivity index is 0.00000225.